The summed E-state index contributed by atoms with van der Waals surface area (Å²) in [6, 6.07) is 7.96. The van der Waals surface area contributed by atoms with Gasteiger partial charge in [-0.2, -0.15) is 0 Å². The lowest BCUT2D eigenvalue weighted by atomic mass is 9.88. The summed E-state index contributed by atoms with van der Waals surface area (Å²) in [5.41, 5.74) is 2.06. The van der Waals surface area contributed by atoms with Crippen LogP contribution in [0.5, 0.6) is 0 Å². The first-order valence-corrected chi connectivity index (χ1v) is 6.46. The van der Waals surface area contributed by atoms with Gasteiger partial charge in [-0.3, -0.25) is 4.79 Å². The van der Waals surface area contributed by atoms with E-state index in [1.165, 1.54) is 5.56 Å². The molecule has 0 radical (unpaired) electrons. The van der Waals surface area contributed by atoms with Crippen molar-refractivity contribution in [3.8, 4) is 0 Å². The summed E-state index contributed by atoms with van der Waals surface area (Å²) in [6.07, 6.45) is 0. The molecule has 1 saturated heterocycles. The maximum atomic E-state index is 12.1. The summed E-state index contributed by atoms with van der Waals surface area (Å²) < 4.78 is 0. The molecule has 1 atom stereocenters. The molecular weight excluding hydrogens is 226 g/mol. The third kappa shape index (κ3) is 3.09. The van der Waals surface area contributed by atoms with Crippen molar-refractivity contribution < 1.29 is 4.79 Å². The lowest BCUT2D eigenvalue weighted by Gasteiger charge is -2.31. The zero-order chi connectivity index (χ0) is 13.0. The molecule has 2 rings (SSSR count). The van der Waals surface area contributed by atoms with E-state index in [-0.39, 0.29) is 11.8 Å². The molecule has 1 amide bonds. The Bertz CT molecular complexity index is 415. The highest BCUT2D eigenvalue weighted by molar-refractivity contribution is 5.92. The van der Waals surface area contributed by atoms with Crippen molar-refractivity contribution >= 4 is 11.6 Å². The Labute approximate surface area is 108 Å². The van der Waals surface area contributed by atoms with Crippen LogP contribution >= 0.6 is 0 Å². The van der Waals surface area contributed by atoms with Gasteiger partial charge >= 0.3 is 0 Å². The van der Waals surface area contributed by atoms with Crippen LogP contribution in [0.25, 0.3) is 0 Å². The van der Waals surface area contributed by atoms with Crippen LogP contribution in [0.1, 0.15) is 12.5 Å². The molecule has 18 heavy (non-hydrogen) atoms. The molecule has 4 heteroatoms. The third-order valence-electron chi connectivity index (χ3n) is 3.51. The molecule has 0 aliphatic carbocycles. The van der Waals surface area contributed by atoms with Gasteiger partial charge < -0.3 is 16.0 Å². The number of nitrogens with one attached hydrogen (secondary N) is 3. The largest absolute Gasteiger partial charge is 0.326 e. The Hall–Kier alpha value is -1.39. The second kappa shape index (κ2) is 5.98. The van der Waals surface area contributed by atoms with Crippen molar-refractivity contribution in [3.63, 3.8) is 0 Å². The molecule has 0 saturated carbocycles. The molecule has 3 N–H and O–H groups in total. The average molecular weight is 247 g/mol. The molecule has 1 fully saturated rings. The number of rotatable bonds is 5. The highest BCUT2D eigenvalue weighted by Gasteiger charge is 2.28. The van der Waals surface area contributed by atoms with Gasteiger partial charge in [-0.25, -0.2) is 0 Å². The highest BCUT2D eigenvalue weighted by atomic mass is 16.1. The Kier molecular flexibility index (Phi) is 4.33. The highest BCUT2D eigenvalue weighted by Crippen LogP contribution is 2.18. The molecule has 0 aromatic heterocycles. The summed E-state index contributed by atoms with van der Waals surface area (Å²) in [4.78, 5) is 12.1. The molecule has 1 aliphatic rings. The van der Waals surface area contributed by atoms with Gasteiger partial charge in [0.15, 0.2) is 0 Å². The van der Waals surface area contributed by atoms with Gasteiger partial charge in [0.1, 0.15) is 0 Å². The summed E-state index contributed by atoms with van der Waals surface area (Å²) in [5.74, 6) is 0.660. The van der Waals surface area contributed by atoms with Gasteiger partial charge in [0.05, 0.1) is 0 Å². The molecule has 1 aliphatic heterocycles. The van der Waals surface area contributed by atoms with Crippen molar-refractivity contribution in [2.24, 2.45) is 11.8 Å². The number of carbonyl (C=O) groups is 1. The summed E-state index contributed by atoms with van der Waals surface area (Å²) >= 11 is 0. The van der Waals surface area contributed by atoms with Crippen molar-refractivity contribution in [2.75, 3.05) is 25.5 Å². The molecule has 1 aromatic carbocycles. The zero-order valence-electron chi connectivity index (χ0n) is 11.0. The summed E-state index contributed by atoms with van der Waals surface area (Å²) in [6.45, 7) is 4.72. The number of amides is 1. The van der Waals surface area contributed by atoms with Gasteiger partial charge in [-0.15, -0.1) is 0 Å². The van der Waals surface area contributed by atoms with Gasteiger partial charge in [0.2, 0.25) is 5.91 Å². The van der Waals surface area contributed by atoms with Crippen molar-refractivity contribution in [3.05, 3.63) is 29.8 Å². The Morgan fingerprint density at radius 3 is 2.89 bits per heavy atom. The Morgan fingerprint density at radius 1 is 1.50 bits per heavy atom. The van der Waals surface area contributed by atoms with Crippen LogP contribution in [0.2, 0.25) is 0 Å². The zero-order valence-corrected chi connectivity index (χ0v) is 11.0. The van der Waals surface area contributed by atoms with Crippen molar-refractivity contribution in [2.45, 2.75) is 13.5 Å². The number of benzene rings is 1. The first kappa shape index (κ1) is 13.1. The quantitative estimate of drug-likeness (QED) is 0.733. The number of anilines is 1. The minimum atomic E-state index is 0.0687. The average Bonchev–Trinajstić information content (AvgIpc) is 2.27. The maximum Gasteiger partial charge on any atom is 0.227 e. The smallest absolute Gasteiger partial charge is 0.227 e. The van der Waals surface area contributed by atoms with Gasteiger partial charge in [-0.05, 0) is 43.8 Å². The predicted molar refractivity (Wildman–Crippen MR) is 73.4 cm³/mol. The van der Waals surface area contributed by atoms with Crippen LogP contribution in [0.15, 0.2) is 24.3 Å². The Balaban J connectivity index is 1.95. The molecule has 4 nitrogen and oxygen atoms in total. The van der Waals surface area contributed by atoms with E-state index in [0.29, 0.717) is 5.92 Å². The number of carbonyl (C=O) groups excluding carboxylic acids is 1. The van der Waals surface area contributed by atoms with Crippen LogP contribution in [0.4, 0.5) is 5.69 Å². The lowest BCUT2D eigenvalue weighted by molar-refractivity contribution is -0.121. The van der Waals surface area contributed by atoms with Gasteiger partial charge in [-0.1, -0.05) is 19.1 Å². The lowest BCUT2D eigenvalue weighted by Crippen LogP contribution is -2.48. The summed E-state index contributed by atoms with van der Waals surface area (Å²) in [7, 11) is 1.91. The molecular formula is C14H21N3O. The third-order valence-corrected chi connectivity index (χ3v) is 3.51. The number of hydrogen-bond acceptors (Lipinski definition) is 3. The topological polar surface area (TPSA) is 53.2 Å². The van der Waals surface area contributed by atoms with E-state index in [2.05, 4.69) is 16.0 Å². The molecule has 1 aromatic rings. The SMILES string of the molecule is CNCc1cccc(NC(=O)C(C)C2CNC2)c1. The predicted octanol–water partition coefficient (Wildman–Crippen LogP) is 1.20. The fraction of sp³-hybridized carbons (Fsp3) is 0.500. The van der Waals surface area contributed by atoms with Crippen molar-refractivity contribution in [1.82, 2.24) is 10.6 Å². The van der Waals surface area contributed by atoms with Crippen LogP contribution in [0, 0.1) is 11.8 Å². The molecule has 0 bridgehead atoms. The summed E-state index contributed by atoms with van der Waals surface area (Å²) in [5, 5.41) is 9.30. The van der Waals surface area contributed by atoms with Crippen molar-refractivity contribution in [1.29, 1.82) is 0 Å². The van der Waals surface area contributed by atoms with Crippen LogP contribution in [0.3, 0.4) is 0 Å². The second-order valence-corrected chi connectivity index (χ2v) is 4.93. The standard InChI is InChI=1S/C14H21N3O/c1-10(12-8-16-9-12)14(18)17-13-5-3-4-11(6-13)7-15-2/h3-6,10,12,15-16H,7-9H2,1-2H3,(H,17,18). The minimum Gasteiger partial charge on any atom is -0.326 e. The monoisotopic (exact) mass is 247 g/mol. The van der Waals surface area contributed by atoms with E-state index in [0.717, 1.165) is 25.3 Å². The van der Waals surface area contributed by atoms with E-state index in [1.54, 1.807) is 0 Å². The van der Waals surface area contributed by atoms with E-state index in [4.69, 9.17) is 0 Å². The van der Waals surface area contributed by atoms with E-state index in [9.17, 15) is 4.79 Å². The fourth-order valence-electron chi connectivity index (χ4n) is 2.10. The molecule has 1 unspecified atom stereocenters. The molecule has 0 spiro atoms. The fourth-order valence-corrected chi connectivity index (χ4v) is 2.10. The van der Waals surface area contributed by atoms with Crippen LogP contribution in [-0.4, -0.2) is 26.0 Å². The van der Waals surface area contributed by atoms with E-state index < -0.39 is 0 Å². The first-order valence-electron chi connectivity index (χ1n) is 6.46. The van der Waals surface area contributed by atoms with Crippen LogP contribution < -0.4 is 16.0 Å². The maximum absolute atomic E-state index is 12.1. The minimum absolute atomic E-state index is 0.0687. The van der Waals surface area contributed by atoms with E-state index >= 15 is 0 Å². The Morgan fingerprint density at radius 2 is 2.28 bits per heavy atom. The second-order valence-electron chi connectivity index (χ2n) is 4.93. The van der Waals surface area contributed by atoms with Crippen LogP contribution in [-0.2, 0) is 11.3 Å². The normalized spacial score (nSPS) is 17.0. The number of hydrogen-bond donors (Lipinski definition) is 3. The van der Waals surface area contributed by atoms with Gasteiger partial charge in [0.25, 0.3) is 0 Å². The van der Waals surface area contributed by atoms with Gasteiger partial charge in [0, 0.05) is 18.2 Å². The van der Waals surface area contributed by atoms with E-state index in [1.807, 2.05) is 38.2 Å². The first-order chi connectivity index (χ1) is 8.70. The molecule has 98 valence electrons. The molecule has 1 heterocycles.